The third kappa shape index (κ3) is 6.50. The molecule has 0 unspecified atom stereocenters. The van der Waals surface area contributed by atoms with Crippen molar-refractivity contribution >= 4 is 17.8 Å². The van der Waals surface area contributed by atoms with Crippen LogP contribution in [-0.4, -0.2) is 37.8 Å². The summed E-state index contributed by atoms with van der Waals surface area (Å²) in [6.07, 6.45) is 2.03. The molecule has 5 heteroatoms. The molecule has 19 heavy (non-hydrogen) atoms. The fourth-order valence-electron chi connectivity index (χ4n) is 1.66. The first kappa shape index (κ1) is 15.9. The fraction of sp³-hybridized carbons (Fsp3) is 0.500. The summed E-state index contributed by atoms with van der Waals surface area (Å²) >= 11 is 1.71. The third-order valence-electron chi connectivity index (χ3n) is 2.58. The highest BCUT2D eigenvalue weighted by molar-refractivity contribution is 7.98. The zero-order valence-corrected chi connectivity index (χ0v) is 12.3. The van der Waals surface area contributed by atoms with E-state index in [0.29, 0.717) is 19.8 Å². The summed E-state index contributed by atoms with van der Waals surface area (Å²) in [4.78, 5) is 11.8. The summed E-state index contributed by atoms with van der Waals surface area (Å²) < 4.78 is 5.17. The SMILES string of the molecule is CCOCCNC(=O)N[C@H](CSC)c1ccccc1. The van der Waals surface area contributed by atoms with Crippen molar-refractivity contribution < 1.29 is 9.53 Å². The first-order chi connectivity index (χ1) is 9.27. The van der Waals surface area contributed by atoms with E-state index in [0.717, 1.165) is 11.3 Å². The first-order valence-corrected chi connectivity index (χ1v) is 7.83. The molecule has 2 N–H and O–H groups in total. The molecule has 0 aromatic heterocycles. The molecule has 0 heterocycles. The van der Waals surface area contributed by atoms with Crippen LogP contribution in [0.4, 0.5) is 4.79 Å². The number of carbonyl (C=O) groups is 1. The molecule has 1 aromatic rings. The molecule has 0 fully saturated rings. The molecular weight excluding hydrogens is 260 g/mol. The Hall–Kier alpha value is -1.20. The predicted octanol–water partition coefficient (Wildman–Crippen LogP) is 2.43. The van der Waals surface area contributed by atoms with Crippen molar-refractivity contribution in [1.29, 1.82) is 0 Å². The number of rotatable bonds is 8. The second kappa shape index (κ2) is 9.69. The lowest BCUT2D eigenvalue weighted by Crippen LogP contribution is -2.40. The Labute approximate surface area is 119 Å². The van der Waals surface area contributed by atoms with Crippen LogP contribution in [0.25, 0.3) is 0 Å². The molecule has 0 spiro atoms. The van der Waals surface area contributed by atoms with Crippen molar-refractivity contribution in [2.45, 2.75) is 13.0 Å². The van der Waals surface area contributed by atoms with Gasteiger partial charge in [0.25, 0.3) is 0 Å². The van der Waals surface area contributed by atoms with E-state index in [1.54, 1.807) is 11.8 Å². The minimum Gasteiger partial charge on any atom is -0.380 e. The Morgan fingerprint density at radius 3 is 2.74 bits per heavy atom. The highest BCUT2D eigenvalue weighted by Gasteiger charge is 2.13. The van der Waals surface area contributed by atoms with Crippen LogP contribution in [0.5, 0.6) is 0 Å². The zero-order valence-electron chi connectivity index (χ0n) is 11.5. The number of hydrogen-bond acceptors (Lipinski definition) is 3. The maximum Gasteiger partial charge on any atom is 0.315 e. The maximum absolute atomic E-state index is 11.8. The third-order valence-corrected chi connectivity index (χ3v) is 3.24. The number of amides is 2. The predicted molar refractivity (Wildman–Crippen MR) is 80.6 cm³/mol. The van der Waals surface area contributed by atoms with Crippen molar-refractivity contribution in [3.8, 4) is 0 Å². The van der Waals surface area contributed by atoms with E-state index < -0.39 is 0 Å². The van der Waals surface area contributed by atoms with Gasteiger partial charge < -0.3 is 15.4 Å². The van der Waals surface area contributed by atoms with Gasteiger partial charge in [0.2, 0.25) is 0 Å². The Balaban J connectivity index is 2.43. The van der Waals surface area contributed by atoms with Crippen molar-refractivity contribution in [2.24, 2.45) is 0 Å². The number of thioether (sulfide) groups is 1. The lowest BCUT2D eigenvalue weighted by molar-refractivity contribution is 0.149. The topological polar surface area (TPSA) is 50.4 Å². The molecule has 0 aliphatic rings. The van der Waals surface area contributed by atoms with Crippen LogP contribution in [0.3, 0.4) is 0 Å². The molecule has 1 aromatic carbocycles. The Kier molecular flexibility index (Phi) is 8.09. The van der Waals surface area contributed by atoms with E-state index in [4.69, 9.17) is 4.74 Å². The zero-order chi connectivity index (χ0) is 13.9. The van der Waals surface area contributed by atoms with Gasteiger partial charge >= 0.3 is 6.03 Å². The van der Waals surface area contributed by atoms with Gasteiger partial charge in [-0.2, -0.15) is 11.8 Å². The van der Waals surface area contributed by atoms with Gasteiger partial charge in [0, 0.05) is 18.9 Å². The van der Waals surface area contributed by atoms with Crippen LogP contribution in [0.1, 0.15) is 18.5 Å². The van der Waals surface area contributed by atoms with Crippen LogP contribution in [0.2, 0.25) is 0 Å². The van der Waals surface area contributed by atoms with E-state index in [9.17, 15) is 4.79 Å². The van der Waals surface area contributed by atoms with Gasteiger partial charge in [-0.1, -0.05) is 30.3 Å². The highest BCUT2D eigenvalue weighted by atomic mass is 32.2. The summed E-state index contributed by atoms with van der Waals surface area (Å²) in [7, 11) is 0. The number of carbonyl (C=O) groups excluding carboxylic acids is 1. The minimum absolute atomic E-state index is 0.0308. The van der Waals surface area contributed by atoms with Crippen molar-refractivity contribution in [2.75, 3.05) is 31.8 Å². The minimum atomic E-state index is -0.150. The van der Waals surface area contributed by atoms with E-state index >= 15 is 0 Å². The smallest absolute Gasteiger partial charge is 0.315 e. The summed E-state index contributed by atoms with van der Waals surface area (Å²) in [5, 5.41) is 5.78. The average molecular weight is 282 g/mol. The molecule has 4 nitrogen and oxygen atoms in total. The molecule has 0 saturated heterocycles. The van der Waals surface area contributed by atoms with Crippen LogP contribution in [-0.2, 0) is 4.74 Å². The number of ether oxygens (including phenoxy) is 1. The fourth-order valence-corrected chi connectivity index (χ4v) is 2.27. The largest absolute Gasteiger partial charge is 0.380 e. The van der Waals surface area contributed by atoms with Crippen molar-refractivity contribution in [1.82, 2.24) is 10.6 Å². The summed E-state index contributed by atoms with van der Waals surface area (Å²) in [5.74, 6) is 0.850. The van der Waals surface area contributed by atoms with E-state index in [2.05, 4.69) is 10.6 Å². The summed E-state index contributed by atoms with van der Waals surface area (Å²) in [6.45, 7) is 3.68. The lowest BCUT2D eigenvalue weighted by atomic mass is 10.1. The van der Waals surface area contributed by atoms with Gasteiger partial charge in [0.15, 0.2) is 0 Å². The Bertz CT molecular complexity index is 360. The number of nitrogens with one attached hydrogen (secondary N) is 2. The van der Waals surface area contributed by atoms with Gasteiger partial charge in [-0.05, 0) is 18.7 Å². The first-order valence-electron chi connectivity index (χ1n) is 6.44. The number of urea groups is 1. The van der Waals surface area contributed by atoms with E-state index in [-0.39, 0.29) is 12.1 Å². The van der Waals surface area contributed by atoms with Crippen molar-refractivity contribution in [3.63, 3.8) is 0 Å². The summed E-state index contributed by atoms with van der Waals surface area (Å²) in [5.41, 5.74) is 1.12. The second-order valence-electron chi connectivity index (χ2n) is 4.02. The van der Waals surface area contributed by atoms with Gasteiger partial charge in [-0.15, -0.1) is 0 Å². The molecule has 0 radical (unpaired) electrons. The molecular formula is C14H22N2O2S. The molecule has 1 rings (SSSR count). The van der Waals surface area contributed by atoms with Crippen LogP contribution in [0.15, 0.2) is 30.3 Å². The Morgan fingerprint density at radius 2 is 2.11 bits per heavy atom. The molecule has 1 atom stereocenters. The van der Waals surface area contributed by atoms with Gasteiger partial charge in [0.1, 0.15) is 0 Å². The highest BCUT2D eigenvalue weighted by Crippen LogP contribution is 2.16. The van der Waals surface area contributed by atoms with Crippen LogP contribution >= 0.6 is 11.8 Å². The monoisotopic (exact) mass is 282 g/mol. The normalized spacial score (nSPS) is 11.9. The quantitative estimate of drug-likeness (QED) is 0.720. The Morgan fingerprint density at radius 1 is 1.37 bits per heavy atom. The van der Waals surface area contributed by atoms with Crippen molar-refractivity contribution in [3.05, 3.63) is 35.9 Å². The number of hydrogen-bond donors (Lipinski definition) is 2. The molecule has 0 aliphatic carbocycles. The number of benzene rings is 1. The summed E-state index contributed by atoms with van der Waals surface area (Å²) in [6, 6.07) is 9.88. The molecule has 0 bridgehead atoms. The standard InChI is InChI=1S/C14H22N2O2S/c1-3-18-10-9-15-14(17)16-13(11-19-2)12-7-5-4-6-8-12/h4-8,13H,3,9-11H2,1-2H3,(H2,15,16,17)/t13-/m1/s1. The van der Waals surface area contributed by atoms with E-state index in [1.165, 1.54) is 0 Å². The molecule has 0 saturated carbocycles. The van der Waals surface area contributed by atoms with E-state index in [1.807, 2.05) is 43.5 Å². The van der Waals surface area contributed by atoms with Gasteiger partial charge in [-0.25, -0.2) is 4.79 Å². The van der Waals surface area contributed by atoms with Gasteiger partial charge in [0.05, 0.1) is 12.6 Å². The lowest BCUT2D eigenvalue weighted by Gasteiger charge is -2.18. The van der Waals surface area contributed by atoms with Gasteiger partial charge in [-0.3, -0.25) is 0 Å². The molecule has 106 valence electrons. The molecule has 2 amide bonds. The van der Waals surface area contributed by atoms with Crippen LogP contribution in [0, 0.1) is 0 Å². The second-order valence-corrected chi connectivity index (χ2v) is 4.93. The molecule has 0 aliphatic heterocycles. The maximum atomic E-state index is 11.8. The van der Waals surface area contributed by atoms with Crippen LogP contribution < -0.4 is 10.6 Å². The average Bonchev–Trinajstić information content (AvgIpc) is 2.44.